The molecule has 1 atom stereocenters. The van der Waals surface area contributed by atoms with Crippen LogP contribution in [0.2, 0.25) is 0 Å². The molecule has 0 radical (unpaired) electrons. The van der Waals surface area contributed by atoms with E-state index in [1.165, 1.54) is 15.9 Å². The minimum absolute atomic E-state index is 0.0974. The van der Waals surface area contributed by atoms with Gasteiger partial charge in [0.2, 0.25) is 6.79 Å². The number of hydrogen-bond acceptors (Lipinski definition) is 8. The van der Waals surface area contributed by atoms with E-state index in [0.29, 0.717) is 37.8 Å². The fraction of sp³-hybridized carbons (Fsp3) is 0.226. The summed E-state index contributed by atoms with van der Waals surface area (Å²) >= 11 is 1.24. The Hall–Kier alpha value is -4.90. The summed E-state index contributed by atoms with van der Waals surface area (Å²) in [5.74, 6) is -0.418. The number of thiazole rings is 1. The molecule has 10 nitrogen and oxygen atoms in total. The predicted molar refractivity (Wildman–Crippen MR) is 155 cm³/mol. The summed E-state index contributed by atoms with van der Waals surface area (Å²) in [7, 11) is 0. The van der Waals surface area contributed by atoms with Crippen LogP contribution in [0, 0.1) is 13.8 Å². The summed E-state index contributed by atoms with van der Waals surface area (Å²) in [6.07, 6.45) is 1.81. The van der Waals surface area contributed by atoms with Gasteiger partial charge in [-0.15, -0.1) is 0 Å². The summed E-state index contributed by atoms with van der Waals surface area (Å²) in [6, 6.07) is 13.2. The molecular formula is C31H27N3O7S. The second kappa shape index (κ2) is 10.5. The number of carbonyl (C=O) groups is 2. The first-order valence-corrected chi connectivity index (χ1v) is 14.1. The Morgan fingerprint density at radius 1 is 1.12 bits per heavy atom. The van der Waals surface area contributed by atoms with E-state index in [1.807, 2.05) is 42.7 Å². The molecule has 0 saturated heterocycles. The Labute approximate surface area is 244 Å². The molecule has 2 aromatic carbocycles. The number of hydrogen-bond donors (Lipinski definition) is 1. The zero-order valence-electron chi connectivity index (χ0n) is 23.3. The first kappa shape index (κ1) is 27.3. The van der Waals surface area contributed by atoms with Crippen molar-refractivity contribution in [3.8, 4) is 17.2 Å². The van der Waals surface area contributed by atoms with E-state index < -0.39 is 18.0 Å². The molecule has 1 N–H and O–H groups in total. The third-order valence-electron chi connectivity index (χ3n) is 7.34. The second-order valence-electron chi connectivity index (χ2n) is 9.93. The second-order valence-corrected chi connectivity index (χ2v) is 10.9. The van der Waals surface area contributed by atoms with Gasteiger partial charge in [-0.2, -0.15) is 0 Å². The van der Waals surface area contributed by atoms with Crippen LogP contribution in [-0.4, -0.2) is 39.6 Å². The molecule has 0 fully saturated rings. The van der Waals surface area contributed by atoms with Crippen molar-refractivity contribution in [1.29, 1.82) is 0 Å². The number of aromatic carboxylic acids is 1. The normalized spacial score (nSPS) is 15.9. The number of carboxylic acid groups (broad SMARTS) is 1. The van der Waals surface area contributed by atoms with E-state index in [1.54, 1.807) is 44.2 Å². The number of nitrogens with zero attached hydrogens (tertiary/aromatic N) is 3. The van der Waals surface area contributed by atoms with E-state index in [9.17, 15) is 19.5 Å². The van der Waals surface area contributed by atoms with Gasteiger partial charge in [0.05, 0.1) is 34.0 Å². The van der Waals surface area contributed by atoms with E-state index in [4.69, 9.17) is 14.2 Å². The van der Waals surface area contributed by atoms with Crippen LogP contribution < -0.4 is 24.4 Å². The highest BCUT2D eigenvalue weighted by atomic mass is 32.1. The number of benzene rings is 2. The molecule has 0 saturated carbocycles. The van der Waals surface area contributed by atoms with Crippen molar-refractivity contribution >= 4 is 29.4 Å². The Balaban J connectivity index is 1.51. The van der Waals surface area contributed by atoms with E-state index in [2.05, 4.69) is 4.99 Å². The zero-order valence-corrected chi connectivity index (χ0v) is 24.2. The fourth-order valence-corrected chi connectivity index (χ4v) is 6.48. The number of ether oxygens (including phenoxy) is 3. The van der Waals surface area contributed by atoms with Crippen molar-refractivity contribution in [1.82, 2.24) is 9.13 Å². The molecule has 0 spiro atoms. The quantitative estimate of drug-likeness (QED) is 0.343. The maximum absolute atomic E-state index is 14.0. The van der Waals surface area contributed by atoms with Gasteiger partial charge in [-0.05, 0) is 81.3 Å². The average Bonchev–Trinajstić information content (AvgIpc) is 3.63. The summed E-state index contributed by atoms with van der Waals surface area (Å²) < 4.78 is 20.3. The van der Waals surface area contributed by atoms with Gasteiger partial charge in [0.25, 0.3) is 5.56 Å². The Morgan fingerprint density at radius 2 is 1.90 bits per heavy atom. The summed E-state index contributed by atoms with van der Waals surface area (Å²) in [5.41, 5.74) is 4.55. The number of carboxylic acids is 1. The molecule has 11 heteroatoms. The average molecular weight is 586 g/mol. The largest absolute Gasteiger partial charge is 0.478 e. The zero-order chi connectivity index (χ0) is 29.7. The maximum Gasteiger partial charge on any atom is 0.338 e. The van der Waals surface area contributed by atoms with Crippen molar-refractivity contribution in [2.75, 3.05) is 13.4 Å². The third kappa shape index (κ3) is 4.51. The molecule has 2 aliphatic rings. The van der Waals surface area contributed by atoms with Gasteiger partial charge < -0.3 is 23.9 Å². The fourth-order valence-electron chi connectivity index (χ4n) is 5.44. The summed E-state index contributed by atoms with van der Waals surface area (Å²) in [5, 5.41) is 9.45. The highest BCUT2D eigenvalue weighted by Gasteiger charge is 2.34. The predicted octanol–water partition coefficient (Wildman–Crippen LogP) is 3.63. The molecule has 214 valence electrons. The van der Waals surface area contributed by atoms with Crippen LogP contribution in [0.3, 0.4) is 0 Å². The highest BCUT2D eigenvalue weighted by Crippen LogP contribution is 2.38. The molecule has 42 heavy (non-hydrogen) atoms. The van der Waals surface area contributed by atoms with Crippen molar-refractivity contribution in [2.24, 2.45) is 4.99 Å². The van der Waals surface area contributed by atoms with E-state index in [-0.39, 0.29) is 30.1 Å². The van der Waals surface area contributed by atoms with Gasteiger partial charge >= 0.3 is 11.9 Å². The van der Waals surface area contributed by atoms with Gasteiger partial charge in [-0.25, -0.2) is 14.6 Å². The van der Waals surface area contributed by atoms with Gasteiger partial charge in [0.15, 0.2) is 16.3 Å². The maximum atomic E-state index is 14.0. The lowest BCUT2D eigenvalue weighted by atomic mass is 9.95. The van der Waals surface area contributed by atoms with Crippen LogP contribution in [0.1, 0.15) is 52.8 Å². The topological polar surface area (TPSA) is 121 Å². The molecular weight excluding hydrogens is 558 g/mol. The van der Waals surface area contributed by atoms with Crippen LogP contribution in [0.25, 0.3) is 11.8 Å². The molecule has 0 aliphatic carbocycles. The Kier molecular flexibility index (Phi) is 6.82. The molecule has 4 aromatic rings. The highest BCUT2D eigenvalue weighted by molar-refractivity contribution is 7.07. The minimum atomic E-state index is -1.00. The summed E-state index contributed by atoms with van der Waals surface area (Å²) in [4.78, 5) is 43.9. The molecule has 2 aromatic heterocycles. The van der Waals surface area contributed by atoms with Gasteiger partial charge in [-0.1, -0.05) is 23.5 Å². The summed E-state index contributed by atoms with van der Waals surface area (Å²) in [6.45, 7) is 7.59. The van der Waals surface area contributed by atoms with Crippen LogP contribution in [0.4, 0.5) is 0 Å². The lowest BCUT2D eigenvalue weighted by Crippen LogP contribution is -2.39. The monoisotopic (exact) mass is 585 g/mol. The molecule has 4 heterocycles. The molecule has 0 amide bonds. The SMILES string of the molecule is CCOC(=O)C1=C(C)N=c2s/c(=C\c3cc(C)n(-c4cccc(C(=O)O)c4)c3C)c(=O)n2[C@H]1c1ccc2c(c1)OCO2. The number of aryl methyl sites for hydroxylation is 1. The van der Waals surface area contributed by atoms with Gasteiger partial charge in [-0.3, -0.25) is 9.36 Å². The van der Waals surface area contributed by atoms with Crippen molar-refractivity contribution in [3.63, 3.8) is 0 Å². The number of carbonyl (C=O) groups excluding carboxylic acids is 1. The standard InChI is InChI=1S/C31H27N3O7S/c1-5-39-30(38)26-17(3)32-31-34(27(26)19-9-10-23-24(13-19)41-15-40-23)28(35)25(42-31)14-21-11-16(2)33(18(21)4)22-8-6-7-20(12-22)29(36)37/h6-14,27H,5,15H2,1-4H3,(H,36,37)/b25-14-/t27-/m0/s1. The van der Waals surface area contributed by atoms with Gasteiger partial charge in [0.1, 0.15) is 0 Å². The van der Waals surface area contributed by atoms with Crippen LogP contribution >= 0.6 is 11.3 Å². The first-order valence-electron chi connectivity index (χ1n) is 13.3. The molecule has 6 rings (SSSR count). The van der Waals surface area contributed by atoms with Crippen LogP contribution in [0.15, 0.2) is 69.6 Å². The van der Waals surface area contributed by atoms with E-state index in [0.717, 1.165) is 17.0 Å². The van der Waals surface area contributed by atoms with Crippen molar-refractivity contribution < 1.29 is 28.9 Å². The van der Waals surface area contributed by atoms with Crippen LogP contribution in [-0.2, 0) is 9.53 Å². The number of aromatic nitrogens is 2. The molecule has 0 unspecified atom stereocenters. The third-order valence-corrected chi connectivity index (χ3v) is 8.32. The van der Waals surface area contributed by atoms with Crippen LogP contribution in [0.5, 0.6) is 11.5 Å². The number of allylic oxidation sites excluding steroid dienone is 1. The molecule has 0 bridgehead atoms. The van der Waals surface area contributed by atoms with Crippen molar-refractivity contribution in [2.45, 2.75) is 33.7 Å². The number of esters is 1. The van der Waals surface area contributed by atoms with E-state index >= 15 is 0 Å². The Bertz CT molecular complexity index is 2000. The lowest BCUT2D eigenvalue weighted by Gasteiger charge is -2.24. The lowest BCUT2D eigenvalue weighted by molar-refractivity contribution is -0.139. The number of rotatable bonds is 6. The molecule has 2 aliphatic heterocycles. The Morgan fingerprint density at radius 3 is 2.67 bits per heavy atom. The number of fused-ring (bicyclic) bond motifs is 2. The first-order chi connectivity index (χ1) is 20.2. The smallest absolute Gasteiger partial charge is 0.338 e. The van der Waals surface area contributed by atoms with Gasteiger partial charge in [0, 0.05) is 17.1 Å². The minimum Gasteiger partial charge on any atom is -0.478 e. The van der Waals surface area contributed by atoms with Crippen molar-refractivity contribution in [3.05, 3.63) is 108 Å².